The largest absolute Gasteiger partial charge is 0.467 e. The van der Waals surface area contributed by atoms with Crippen LogP contribution in [0.1, 0.15) is 11.3 Å². The van der Waals surface area contributed by atoms with Gasteiger partial charge in [0.05, 0.1) is 23.0 Å². The van der Waals surface area contributed by atoms with E-state index in [4.69, 9.17) is 4.42 Å². The Hall–Kier alpha value is -4.22. The van der Waals surface area contributed by atoms with Gasteiger partial charge in [0, 0.05) is 12.4 Å². The van der Waals surface area contributed by atoms with Crippen LogP contribution in [0.25, 0.3) is 17.3 Å². The molecule has 1 aromatic carbocycles. The van der Waals surface area contributed by atoms with Crippen LogP contribution in [-0.2, 0) is 11.3 Å². The Labute approximate surface area is 180 Å². The Morgan fingerprint density at radius 1 is 1.16 bits per heavy atom. The Kier molecular flexibility index (Phi) is 5.87. The van der Waals surface area contributed by atoms with E-state index >= 15 is 0 Å². The molecule has 0 aliphatic rings. The lowest BCUT2D eigenvalue weighted by Crippen LogP contribution is -2.33. The zero-order chi connectivity index (χ0) is 21.6. The lowest BCUT2D eigenvalue weighted by molar-refractivity contribution is -0.115. The van der Waals surface area contributed by atoms with Gasteiger partial charge in [-0.25, -0.2) is 0 Å². The third-order valence-corrected chi connectivity index (χ3v) is 5.49. The molecule has 0 aliphatic heterocycles. The number of rotatable bonds is 5. The highest BCUT2D eigenvalue weighted by atomic mass is 32.1. The Balaban J connectivity index is 1.89. The number of nitrogens with one attached hydrogen (secondary N) is 1. The molecule has 3 heterocycles. The molecule has 0 saturated heterocycles. The summed E-state index contributed by atoms with van der Waals surface area (Å²) in [7, 11) is 0. The summed E-state index contributed by atoms with van der Waals surface area (Å²) in [5.41, 5.74) is 0.905. The van der Waals surface area contributed by atoms with E-state index in [9.17, 15) is 14.9 Å². The highest BCUT2D eigenvalue weighted by Crippen LogP contribution is 2.05. The number of para-hydroxylation sites is 1. The summed E-state index contributed by atoms with van der Waals surface area (Å²) in [4.78, 5) is 30.0. The van der Waals surface area contributed by atoms with Crippen molar-refractivity contribution < 1.29 is 9.21 Å². The van der Waals surface area contributed by atoms with Gasteiger partial charge in [-0.05, 0) is 48.0 Å². The van der Waals surface area contributed by atoms with Crippen LogP contribution in [0, 0.1) is 11.3 Å². The number of carbonyl (C=O) groups excluding carboxylic acids is 1. The molecule has 0 aliphatic carbocycles. The molecule has 3 aromatic heterocycles. The minimum atomic E-state index is -0.583. The molecule has 0 bridgehead atoms. The van der Waals surface area contributed by atoms with Crippen LogP contribution < -0.4 is 20.1 Å². The topological polar surface area (TPSA) is 101 Å². The number of pyridine rings is 1. The quantitative estimate of drug-likeness (QED) is 0.522. The van der Waals surface area contributed by atoms with Crippen LogP contribution in [0.15, 0.2) is 82.5 Å². The summed E-state index contributed by atoms with van der Waals surface area (Å²) in [6.07, 6.45) is 6.48. The maximum absolute atomic E-state index is 13.2. The average molecular weight is 428 g/mol. The first-order chi connectivity index (χ1) is 15.2. The predicted octanol–water partition coefficient (Wildman–Crippen LogP) is 1.71. The van der Waals surface area contributed by atoms with Gasteiger partial charge in [0.15, 0.2) is 5.57 Å². The van der Waals surface area contributed by atoms with E-state index in [0.29, 0.717) is 16.0 Å². The molecule has 1 amide bonds. The Morgan fingerprint density at radius 2 is 1.94 bits per heavy atom. The standard InChI is InChI=1S/C23H16N4O3S/c24-14-19(21(28)26-15-18-7-4-12-30-18)23-27(17-5-2-1-3-6-17)22(29)20(31-23)13-16-8-10-25-11-9-16/h1-13H,15H2,(H,26,28)/b20-13+,23-19-. The second kappa shape index (κ2) is 9.07. The smallest absolute Gasteiger partial charge is 0.273 e. The van der Waals surface area contributed by atoms with Gasteiger partial charge < -0.3 is 9.73 Å². The first-order valence-electron chi connectivity index (χ1n) is 9.31. The fraction of sp³-hybridized carbons (Fsp3) is 0.0435. The fourth-order valence-corrected chi connectivity index (χ4v) is 4.04. The lowest BCUT2D eigenvalue weighted by Gasteiger charge is -2.04. The van der Waals surface area contributed by atoms with Gasteiger partial charge in [-0.15, -0.1) is 11.3 Å². The molecule has 1 N–H and O–H groups in total. The number of hydrogen-bond donors (Lipinski definition) is 1. The first kappa shape index (κ1) is 20.1. The van der Waals surface area contributed by atoms with Crippen molar-refractivity contribution in [1.82, 2.24) is 14.9 Å². The van der Waals surface area contributed by atoms with Crippen molar-refractivity contribution in [3.8, 4) is 11.8 Å². The zero-order valence-corrected chi connectivity index (χ0v) is 17.0. The van der Waals surface area contributed by atoms with E-state index in [1.54, 1.807) is 67.0 Å². The highest BCUT2D eigenvalue weighted by molar-refractivity contribution is 7.07. The number of nitrogens with zero attached hydrogens (tertiary/aromatic N) is 3. The van der Waals surface area contributed by atoms with E-state index in [1.165, 1.54) is 10.8 Å². The number of aromatic nitrogens is 2. The summed E-state index contributed by atoms with van der Waals surface area (Å²) in [6, 6.07) is 17.9. The number of carbonyl (C=O) groups is 1. The summed E-state index contributed by atoms with van der Waals surface area (Å²) in [5, 5.41) is 12.4. The monoisotopic (exact) mass is 428 g/mol. The van der Waals surface area contributed by atoms with Gasteiger partial charge >= 0.3 is 0 Å². The molecule has 0 atom stereocenters. The highest BCUT2D eigenvalue weighted by Gasteiger charge is 2.17. The minimum absolute atomic E-state index is 0.133. The molecule has 4 rings (SSSR count). The van der Waals surface area contributed by atoms with E-state index in [2.05, 4.69) is 10.3 Å². The molecule has 0 spiro atoms. The van der Waals surface area contributed by atoms with Crippen molar-refractivity contribution in [3.63, 3.8) is 0 Å². The second-order valence-electron chi connectivity index (χ2n) is 6.42. The normalized spacial score (nSPS) is 12.3. The van der Waals surface area contributed by atoms with E-state index < -0.39 is 5.91 Å². The fourth-order valence-electron chi connectivity index (χ4n) is 2.94. The van der Waals surface area contributed by atoms with E-state index in [-0.39, 0.29) is 22.3 Å². The molecular weight excluding hydrogens is 412 g/mol. The van der Waals surface area contributed by atoms with Crippen molar-refractivity contribution in [1.29, 1.82) is 5.26 Å². The van der Waals surface area contributed by atoms with Crippen LogP contribution in [0.3, 0.4) is 0 Å². The van der Waals surface area contributed by atoms with Crippen LogP contribution in [0.5, 0.6) is 0 Å². The van der Waals surface area contributed by atoms with Crippen molar-refractivity contribution in [2.75, 3.05) is 0 Å². The van der Waals surface area contributed by atoms with E-state index in [1.807, 2.05) is 12.1 Å². The molecule has 31 heavy (non-hydrogen) atoms. The van der Waals surface area contributed by atoms with Gasteiger partial charge in [0.1, 0.15) is 16.5 Å². The van der Waals surface area contributed by atoms with Gasteiger partial charge in [-0.3, -0.25) is 19.1 Å². The minimum Gasteiger partial charge on any atom is -0.467 e. The van der Waals surface area contributed by atoms with Crippen LogP contribution >= 0.6 is 11.3 Å². The second-order valence-corrected chi connectivity index (χ2v) is 7.45. The van der Waals surface area contributed by atoms with Gasteiger partial charge in [-0.1, -0.05) is 18.2 Å². The third kappa shape index (κ3) is 4.37. The van der Waals surface area contributed by atoms with Gasteiger partial charge in [0.2, 0.25) is 0 Å². The van der Waals surface area contributed by atoms with Crippen LogP contribution in [-0.4, -0.2) is 15.5 Å². The van der Waals surface area contributed by atoms with Gasteiger partial charge in [0.25, 0.3) is 11.5 Å². The third-order valence-electron chi connectivity index (χ3n) is 4.40. The number of amides is 1. The van der Waals surface area contributed by atoms with Crippen LogP contribution in [0.4, 0.5) is 0 Å². The Bertz CT molecular complexity index is 1410. The molecule has 0 fully saturated rings. The van der Waals surface area contributed by atoms with Gasteiger partial charge in [-0.2, -0.15) is 5.26 Å². The SMILES string of the molecule is N#C/C(C(=O)NCc1ccco1)=c1/s/c(=C/c2ccncc2)c(=O)n1-c1ccccc1. The number of benzene rings is 1. The van der Waals surface area contributed by atoms with Crippen molar-refractivity contribution >= 4 is 28.9 Å². The van der Waals surface area contributed by atoms with Crippen LogP contribution in [0.2, 0.25) is 0 Å². The predicted molar refractivity (Wildman–Crippen MR) is 117 cm³/mol. The number of hydrogen-bond acceptors (Lipinski definition) is 6. The number of furan rings is 1. The Morgan fingerprint density at radius 3 is 2.61 bits per heavy atom. The zero-order valence-electron chi connectivity index (χ0n) is 16.2. The summed E-state index contributed by atoms with van der Waals surface area (Å²) >= 11 is 1.09. The van der Waals surface area contributed by atoms with E-state index in [0.717, 1.165) is 16.9 Å². The summed E-state index contributed by atoms with van der Waals surface area (Å²) in [5.74, 6) is -0.0238. The summed E-state index contributed by atoms with van der Waals surface area (Å²) < 4.78 is 7.27. The number of thiazole rings is 1. The molecular formula is C23H16N4O3S. The molecule has 4 aromatic rings. The summed E-state index contributed by atoms with van der Waals surface area (Å²) in [6.45, 7) is 0.133. The molecule has 8 heteroatoms. The maximum Gasteiger partial charge on any atom is 0.273 e. The molecule has 7 nitrogen and oxygen atoms in total. The number of nitriles is 1. The lowest BCUT2D eigenvalue weighted by atomic mass is 10.2. The molecule has 152 valence electrons. The van der Waals surface area contributed by atoms with Crippen molar-refractivity contribution in [2.45, 2.75) is 6.54 Å². The van der Waals surface area contributed by atoms with Crippen molar-refractivity contribution in [2.24, 2.45) is 0 Å². The maximum atomic E-state index is 13.2. The molecule has 0 unspecified atom stereocenters. The van der Waals surface area contributed by atoms with Crippen molar-refractivity contribution in [3.05, 3.63) is 104 Å². The molecule has 0 radical (unpaired) electrons. The molecule has 0 saturated carbocycles. The average Bonchev–Trinajstić information content (AvgIpc) is 3.43. The first-order valence-corrected chi connectivity index (χ1v) is 10.1.